The first-order chi connectivity index (χ1) is 16.1. The Morgan fingerprint density at radius 3 is 1.64 bits per heavy atom. The van der Waals surface area contributed by atoms with Gasteiger partial charge < -0.3 is 10.2 Å². The van der Waals surface area contributed by atoms with Crippen LogP contribution in [0.2, 0.25) is 0 Å². The molecule has 180 valence electrons. The van der Waals surface area contributed by atoms with Gasteiger partial charge in [0.15, 0.2) is 0 Å². The molecule has 2 aliphatic carbocycles. The summed E-state index contributed by atoms with van der Waals surface area (Å²) in [5, 5.41) is 19.7. The minimum atomic E-state index is -0.00636. The molecule has 33 heavy (non-hydrogen) atoms. The van der Waals surface area contributed by atoms with Crippen LogP contribution in [0.3, 0.4) is 0 Å². The van der Waals surface area contributed by atoms with Crippen molar-refractivity contribution >= 4 is 0 Å². The Labute approximate surface area is 201 Å². The van der Waals surface area contributed by atoms with Crippen LogP contribution in [0.4, 0.5) is 0 Å². The van der Waals surface area contributed by atoms with Crippen LogP contribution in [0, 0.1) is 17.8 Å². The zero-order chi connectivity index (χ0) is 23.1. The summed E-state index contributed by atoms with van der Waals surface area (Å²) in [6, 6.07) is 15.7. The summed E-state index contributed by atoms with van der Waals surface area (Å²) < 4.78 is 0. The van der Waals surface area contributed by atoms with Gasteiger partial charge in [-0.1, -0.05) is 82.6 Å². The molecular formula is C31H44O2. The van der Waals surface area contributed by atoms with Gasteiger partial charge in [0, 0.05) is 5.41 Å². The minimum absolute atomic E-state index is 0.00636. The van der Waals surface area contributed by atoms with E-state index in [1.165, 1.54) is 88.2 Å². The maximum absolute atomic E-state index is 9.84. The molecule has 2 N–H and O–H groups in total. The van der Waals surface area contributed by atoms with E-state index in [-0.39, 0.29) is 5.41 Å². The number of phenolic OH excluding ortho intramolecular Hbond substituents is 2. The second-order valence-corrected chi connectivity index (χ2v) is 11.0. The lowest BCUT2D eigenvalue weighted by atomic mass is 9.60. The average Bonchev–Trinajstić information content (AvgIpc) is 2.85. The summed E-state index contributed by atoms with van der Waals surface area (Å²) in [5.74, 6) is 3.42. The topological polar surface area (TPSA) is 40.5 Å². The fraction of sp³-hybridized carbons (Fsp3) is 0.613. The largest absolute Gasteiger partial charge is 0.508 e. The van der Waals surface area contributed by atoms with Crippen molar-refractivity contribution in [3.05, 3.63) is 59.7 Å². The lowest BCUT2D eigenvalue weighted by Gasteiger charge is -2.44. The zero-order valence-corrected chi connectivity index (χ0v) is 20.6. The molecule has 2 heteroatoms. The maximum Gasteiger partial charge on any atom is 0.115 e. The van der Waals surface area contributed by atoms with E-state index in [1.54, 1.807) is 0 Å². The fourth-order valence-electron chi connectivity index (χ4n) is 6.89. The number of aromatic hydroxyl groups is 2. The Hall–Kier alpha value is -1.96. The van der Waals surface area contributed by atoms with E-state index in [9.17, 15) is 10.2 Å². The molecular weight excluding hydrogens is 404 g/mol. The standard InChI is InChI=1S/C31H44O2/c1-2-3-4-5-6-7-24-8-10-25(11-9-24)26-20-22-31(23-21-26,27-12-16-29(32)17-13-27)28-14-18-30(33)19-15-28/h12-19,24-26,32-33H,2-11,20-23H2,1H3. The van der Waals surface area contributed by atoms with Crippen LogP contribution in [0.15, 0.2) is 48.5 Å². The van der Waals surface area contributed by atoms with Crippen LogP contribution >= 0.6 is 0 Å². The van der Waals surface area contributed by atoms with Crippen molar-refractivity contribution in [3.63, 3.8) is 0 Å². The molecule has 2 nitrogen and oxygen atoms in total. The Bertz CT molecular complexity index is 775. The molecule has 0 atom stereocenters. The van der Waals surface area contributed by atoms with Crippen molar-refractivity contribution in [2.24, 2.45) is 17.8 Å². The van der Waals surface area contributed by atoms with Gasteiger partial charge in [-0.25, -0.2) is 0 Å². The van der Waals surface area contributed by atoms with Gasteiger partial charge in [0.25, 0.3) is 0 Å². The highest BCUT2D eigenvalue weighted by atomic mass is 16.3. The lowest BCUT2D eigenvalue weighted by molar-refractivity contribution is 0.140. The number of hydrogen-bond donors (Lipinski definition) is 2. The van der Waals surface area contributed by atoms with Gasteiger partial charge in [0.1, 0.15) is 11.5 Å². The van der Waals surface area contributed by atoms with Crippen LogP contribution in [-0.2, 0) is 5.41 Å². The van der Waals surface area contributed by atoms with Gasteiger partial charge in [-0.3, -0.25) is 0 Å². The number of unbranched alkanes of at least 4 members (excludes halogenated alkanes) is 4. The maximum atomic E-state index is 9.84. The number of phenols is 2. The number of rotatable bonds is 9. The lowest BCUT2D eigenvalue weighted by Crippen LogP contribution is -2.35. The summed E-state index contributed by atoms with van der Waals surface area (Å²) in [4.78, 5) is 0. The molecule has 0 spiro atoms. The summed E-state index contributed by atoms with van der Waals surface area (Å²) in [7, 11) is 0. The highest BCUT2D eigenvalue weighted by molar-refractivity contribution is 5.43. The SMILES string of the molecule is CCCCCCCC1CCC(C2CCC(c3ccc(O)cc3)(c3ccc(O)cc3)CC2)CC1. The predicted molar refractivity (Wildman–Crippen MR) is 138 cm³/mol. The molecule has 0 heterocycles. The predicted octanol–water partition coefficient (Wildman–Crippen LogP) is 8.74. The van der Waals surface area contributed by atoms with Crippen LogP contribution in [0.5, 0.6) is 11.5 Å². The van der Waals surface area contributed by atoms with Crippen LogP contribution in [0.25, 0.3) is 0 Å². The van der Waals surface area contributed by atoms with Gasteiger partial charge in [-0.2, -0.15) is 0 Å². The quantitative estimate of drug-likeness (QED) is 0.376. The van der Waals surface area contributed by atoms with Crippen molar-refractivity contribution < 1.29 is 10.2 Å². The van der Waals surface area contributed by atoms with Gasteiger partial charge in [0.05, 0.1) is 0 Å². The first kappa shape index (κ1) is 24.2. The molecule has 0 amide bonds. The summed E-state index contributed by atoms with van der Waals surface area (Å²) in [6.45, 7) is 2.30. The van der Waals surface area contributed by atoms with Crippen molar-refractivity contribution in [1.29, 1.82) is 0 Å². The third kappa shape index (κ3) is 5.94. The molecule has 0 bridgehead atoms. The van der Waals surface area contributed by atoms with Gasteiger partial charge >= 0.3 is 0 Å². The Kier molecular flexibility index (Phi) is 8.39. The molecule has 2 fully saturated rings. The number of hydrogen-bond acceptors (Lipinski definition) is 2. The molecule has 0 saturated heterocycles. The van der Waals surface area contributed by atoms with Gasteiger partial charge in [-0.15, -0.1) is 0 Å². The highest BCUT2D eigenvalue weighted by Crippen LogP contribution is 2.50. The molecule has 2 aromatic carbocycles. The molecule has 0 radical (unpaired) electrons. The summed E-state index contributed by atoms with van der Waals surface area (Å²) in [6.07, 6.45) is 19.2. The third-order valence-electron chi connectivity index (χ3n) is 9.00. The van der Waals surface area contributed by atoms with Gasteiger partial charge in [0.2, 0.25) is 0 Å². The molecule has 2 aromatic rings. The Balaban J connectivity index is 1.35. The summed E-state index contributed by atoms with van der Waals surface area (Å²) >= 11 is 0. The molecule has 2 aliphatic rings. The van der Waals surface area contributed by atoms with Crippen molar-refractivity contribution in [2.45, 2.75) is 102 Å². The van der Waals surface area contributed by atoms with Crippen molar-refractivity contribution in [1.82, 2.24) is 0 Å². The van der Waals surface area contributed by atoms with Gasteiger partial charge in [-0.05, 0) is 91.7 Å². The second kappa shape index (κ2) is 11.4. The van der Waals surface area contributed by atoms with E-state index < -0.39 is 0 Å². The normalized spacial score (nSPS) is 23.4. The molecule has 4 rings (SSSR count). The fourth-order valence-corrected chi connectivity index (χ4v) is 6.89. The van der Waals surface area contributed by atoms with Crippen LogP contribution in [-0.4, -0.2) is 10.2 Å². The van der Waals surface area contributed by atoms with E-state index in [4.69, 9.17) is 0 Å². The zero-order valence-electron chi connectivity index (χ0n) is 20.6. The number of benzene rings is 2. The van der Waals surface area contributed by atoms with E-state index in [2.05, 4.69) is 31.2 Å². The first-order valence-corrected chi connectivity index (χ1v) is 13.7. The molecule has 0 unspecified atom stereocenters. The first-order valence-electron chi connectivity index (χ1n) is 13.7. The average molecular weight is 449 g/mol. The van der Waals surface area contributed by atoms with E-state index in [0.717, 1.165) is 30.6 Å². The monoisotopic (exact) mass is 448 g/mol. The highest BCUT2D eigenvalue weighted by Gasteiger charge is 2.40. The van der Waals surface area contributed by atoms with Crippen molar-refractivity contribution in [3.8, 4) is 11.5 Å². The molecule has 2 saturated carbocycles. The third-order valence-corrected chi connectivity index (χ3v) is 9.00. The smallest absolute Gasteiger partial charge is 0.115 e. The van der Waals surface area contributed by atoms with Crippen LogP contribution < -0.4 is 0 Å². The van der Waals surface area contributed by atoms with Crippen LogP contribution in [0.1, 0.15) is 108 Å². The molecule has 0 aliphatic heterocycles. The van der Waals surface area contributed by atoms with E-state index in [1.807, 2.05) is 24.3 Å². The van der Waals surface area contributed by atoms with Crippen molar-refractivity contribution in [2.75, 3.05) is 0 Å². The summed E-state index contributed by atoms with van der Waals surface area (Å²) in [5.41, 5.74) is 2.60. The van der Waals surface area contributed by atoms with E-state index >= 15 is 0 Å². The Morgan fingerprint density at radius 1 is 0.636 bits per heavy atom. The minimum Gasteiger partial charge on any atom is -0.508 e. The Morgan fingerprint density at radius 2 is 1.12 bits per heavy atom. The molecule has 0 aromatic heterocycles. The second-order valence-electron chi connectivity index (χ2n) is 11.0. The van der Waals surface area contributed by atoms with E-state index in [0.29, 0.717) is 11.5 Å².